The molecule has 1 heterocycles. The zero-order chi connectivity index (χ0) is 15.5. The highest BCUT2D eigenvalue weighted by molar-refractivity contribution is 5.99. The lowest BCUT2D eigenvalue weighted by atomic mass is 9.87. The summed E-state index contributed by atoms with van der Waals surface area (Å²) < 4.78 is 5.21. The van der Waals surface area contributed by atoms with Crippen LogP contribution in [0.3, 0.4) is 0 Å². The van der Waals surface area contributed by atoms with E-state index in [2.05, 4.69) is 10.3 Å². The highest BCUT2D eigenvalue weighted by atomic mass is 16.5. The quantitative estimate of drug-likeness (QED) is 0.873. The largest absolute Gasteiger partial charge is 0.479 e. The molecule has 1 atom stereocenters. The summed E-state index contributed by atoms with van der Waals surface area (Å²) >= 11 is 0. The number of nitrogens with zero attached hydrogens (tertiary/aromatic N) is 2. The van der Waals surface area contributed by atoms with Gasteiger partial charge in [0.05, 0.1) is 18.8 Å². The van der Waals surface area contributed by atoms with E-state index in [4.69, 9.17) is 10.5 Å². The van der Waals surface area contributed by atoms with Gasteiger partial charge >= 0.3 is 0 Å². The summed E-state index contributed by atoms with van der Waals surface area (Å²) in [5.74, 6) is 0.109. The first-order chi connectivity index (χ1) is 9.18. The Labute approximate surface area is 120 Å². The number of nitrogens with one attached hydrogen (secondary N) is 1. The molecule has 1 amide bonds. The van der Waals surface area contributed by atoms with Gasteiger partial charge in [-0.25, -0.2) is 4.98 Å². The Kier molecular flexibility index (Phi) is 4.94. The average molecular weight is 280 g/mol. The van der Waals surface area contributed by atoms with Crippen LogP contribution in [-0.4, -0.2) is 38.1 Å². The van der Waals surface area contributed by atoms with Crippen LogP contribution in [0, 0.1) is 5.41 Å². The number of ether oxygens (including phenoxy) is 1. The van der Waals surface area contributed by atoms with Gasteiger partial charge in [-0.3, -0.25) is 4.79 Å². The van der Waals surface area contributed by atoms with E-state index in [1.807, 2.05) is 39.8 Å². The minimum atomic E-state index is -0.623. The van der Waals surface area contributed by atoms with Crippen molar-refractivity contribution in [3.8, 4) is 5.88 Å². The number of methoxy groups -OCH3 is 1. The molecule has 6 heteroatoms. The molecule has 0 aliphatic rings. The van der Waals surface area contributed by atoms with E-state index in [1.165, 1.54) is 7.11 Å². The van der Waals surface area contributed by atoms with Crippen LogP contribution >= 0.6 is 0 Å². The molecule has 3 N–H and O–H groups in total. The van der Waals surface area contributed by atoms with Crippen molar-refractivity contribution in [3.05, 3.63) is 12.3 Å². The van der Waals surface area contributed by atoms with Crippen LogP contribution in [0.1, 0.15) is 20.8 Å². The first-order valence-electron chi connectivity index (χ1n) is 6.45. The van der Waals surface area contributed by atoms with Crippen LogP contribution in [-0.2, 0) is 4.79 Å². The van der Waals surface area contributed by atoms with Crippen molar-refractivity contribution in [1.82, 2.24) is 4.98 Å². The molecule has 0 saturated heterocycles. The summed E-state index contributed by atoms with van der Waals surface area (Å²) in [7, 11) is 5.28. The number of rotatable bonds is 4. The minimum absolute atomic E-state index is 0.257. The predicted molar refractivity (Wildman–Crippen MR) is 81.2 cm³/mol. The number of amides is 1. The summed E-state index contributed by atoms with van der Waals surface area (Å²) in [6, 6.07) is 1.18. The zero-order valence-corrected chi connectivity index (χ0v) is 13.0. The lowest BCUT2D eigenvalue weighted by Gasteiger charge is -2.27. The summed E-state index contributed by atoms with van der Waals surface area (Å²) in [5.41, 5.74) is 6.99. The molecule has 1 aromatic rings. The van der Waals surface area contributed by atoms with E-state index >= 15 is 0 Å². The number of carbonyl (C=O) groups is 1. The van der Waals surface area contributed by atoms with Gasteiger partial charge in [-0.05, 0) is 11.5 Å². The van der Waals surface area contributed by atoms with Crippen molar-refractivity contribution in [2.45, 2.75) is 26.8 Å². The van der Waals surface area contributed by atoms with E-state index in [9.17, 15) is 4.79 Å². The first-order valence-corrected chi connectivity index (χ1v) is 6.45. The van der Waals surface area contributed by atoms with Crippen molar-refractivity contribution in [2.24, 2.45) is 11.1 Å². The Morgan fingerprint density at radius 3 is 2.50 bits per heavy atom. The SMILES string of the molecule is COc1nccc(N(C)C)c1NC(=O)[C@H](N)C(C)(C)C. The van der Waals surface area contributed by atoms with Crippen LogP contribution in [0.15, 0.2) is 12.3 Å². The van der Waals surface area contributed by atoms with Gasteiger partial charge in [0.25, 0.3) is 0 Å². The highest BCUT2D eigenvalue weighted by Gasteiger charge is 2.29. The second-order valence-corrected chi connectivity index (χ2v) is 5.94. The Balaban J connectivity index is 3.11. The molecule has 0 unspecified atom stereocenters. The number of anilines is 2. The maximum Gasteiger partial charge on any atom is 0.242 e. The predicted octanol–water partition coefficient (Wildman–Crippen LogP) is 1.47. The maximum absolute atomic E-state index is 12.3. The Morgan fingerprint density at radius 1 is 1.45 bits per heavy atom. The molecule has 6 nitrogen and oxygen atoms in total. The number of aromatic nitrogens is 1. The van der Waals surface area contributed by atoms with Crippen molar-refractivity contribution in [2.75, 3.05) is 31.4 Å². The molecule has 0 aliphatic heterocycles. The van der Waals surface area contributed by atoms with Crippen molar-refractivity contribution < 1.29 is 9.53 Å². The third-order valence-electron chi connectivity index (χ3n) is 3.03. The normalized spacial score (nSPS) is 12.8. The van der Waals surface area contributed by atoms with E-state index < -0.39 is 6.04 Å². The summed E-state index contributed by atoms with van der Waals surface area (Å²) in [5, 5.41) is 2.82. The van der Waals surface area contributed by atoms with Crippen molar-refractivity contribution in [1.29, 1.82) is 0 Å². The molecular formula is C14H24N4O2. The number of hydrogen-bond donors (Lipinski definition) is 2. The van der Waals surface area contributed by atoms with Gasteiger partial charge in [-0.15, -0.1) is 0 Å². The second kappa shape index (κ2) is 6.09. The van der Waals surface area contributed by atoms with Gasteiger partial charge in [-0.1, -0.05) is 20.8 Å². The maximum atomic E-state index is 12.3. The number of carbonyl (C=O) groups excluding carboxylic acids is 1. The molecule has 112 valence electrons. The molecule has 0 saturated carbocycles. The molecule has 0 bridgehead atoms. The molecule has 0 radical (unpaired) electrons. The van der Waals surface area contributed by atoms with Crippen LogP contribution in [0.25, 0.3) is 0 Å². The fourth-order valence-corrected chi connectivity index (χ4v) is 1.67. The minimum Gasteiger partial charge on any atom is -0.479 e. The lowest BCUT2D eigenvalue weighted by Crippen LogP contribution is -2.45. The molecular weight excluding hydrogens is 256 g/mol. The van der Waals surface area contributed by atoms with Gasteiger partial charge in [0.2, 0.25) is 11.8 Å². The van der Waals surface area contributed by atoms with Crippen LogP contribution in [0.2, 0.25) is 0 Å². The first kappa shape index (κ1) is 16.2. The Hall–Kier alpha value is -1.82. The van der Waals surface area contributed by atoms with Gasteiger partial charge in [0.1, 0.15) is 5.69 Å². The molecule has 1 rings (SSSR count). The standard InChI is InChI=1S/C14H24N4O2/c1-14(2,3)11(15)12(19)17-10-9(18(4)5)7-8-16-13(10)20-6/h7-8,11H,15H2,1-6H3,(H,17,19)/t11-/m0/s1. The zero-order valence-electron chi connectivity index (χ0n) is 13.0. The Morgan fingerprint density at radius 2 is 2.05 bits per heavy atom. The van der Waals surface area contributed by atoms with E-state index in [0.717, 1.165) is 5.69 Å². The lowest BCUT2D eigenvalue weighted by molar-refractivity contribution is -0.119. The number of nitrogens with two attached hydrogens (primary N) is 1. The van der Waals surface area contributed by atoms with Gasteiger partial charge < -0.3 is 20.7 Å². The summed E-state index contributed by atoms with van der Waals surface area (Å²) in [4.78, 5) is 18.3. The Bertz CT molecular complexity index is 481. The molecule has 0 aromatic carbocycles. The monoisotopic (exact) mass is 280 g/mol. The van der Waals surface area contributed by atoms with Gasteiger partial charge in [-0.2, -0.15) is 0 Å². The summed E-state index contributed by atoms with van der Waals surface area (Å²) in [6.45, 7) is 5.76. The fourth-order valence-electron chi connectivity index (χ4n) is 1.67. The highest BCUT2D eigenvalue weighted by Crippen LogP contribution is 2.32. The fraction of sp³-hybridized carbons (Fsp3) is 0.571. The molecule has 0 fully saturated rings. The van der Waals surface area contributed by atoms with Crippen LogP contribution < -0.4 is 20.7 Å². The molecule has 0 aliphatic carbocycles. The van der Waals surface area contributed by atoms with Crippen molar-refractivity contribution >= 4 is 17.3 Å². The van der Waals surface area contributed by atoms with E-state index in [1.54, 1.807) is 12.3 Å². The number of pyridine rings is 1. The van der Waals surface area contributed by atoms with Gasteiger partial charge in [0.15, 0.2) is 0 Å². The van der Waals surface area contributed by atoms with E-state index in [-0.39, 0.29) is 11.3 Å². The third-order valence-corrected chi connectivity index (χ3v) is 3.03. The van der Waals surface area contributed by atoms with Crippen LogP contribution in [0.5, 0.6) is 5.88 Å². The number of hydrogen-bond acceptors (Lipinski definition) is 5. The van der Waals surface area contributed by atoms with Crippen molar-refractivity contribution in [3.63, 3.8) is 0 Å². The van der Waals surface area contributed by atoms with Crippen LogP contribution in [0.4, 0.5) is 11.4 Å². The smallest absolute Gasteiger partial charge is 0.242 e. The third kappa shape index (κ3) is 3.60. The van der Waals surface area contributed by atoms with Gasteiger partial charge in [0, 0.05) is 20.3 Å². The topological polar surface area (TPSA) is 80.5 Å². The summed E-state index contributed by atoms with van der Waals surface area (Å²) in [6.07, 6.45) is 1.63. The average Bonchev–Trinajstić information content (AvgIpc) is 2.36. The molecule has 20 heavy (non-hydrogen) atoms. The van der Waals surface area contributed by atoms with E-state index in [0.29, 0.717) is 11.6 Å². The molecule has 1 aromatic heterocycles. The molecule has 0 spiro atoms. The second-order valence-electron chi connectivity index (χ2n) is 5.94.